The van der Waals surface area contributed by atoms with E-state index in [0.717, 1.165) is 15.6 Å². The molecule has 14 heavy (non-hydrogen) atoms. The van der Waals surface area contributed by atoms with Crippen LogP contribution < -0.4 is 5.73 Å². The van der Waals surface area contributed by atoms with E-state index in [1.807, 2.05) is 12.1 Å². The van der Waals surface area contributed by atoms with Crippen molar-refractivity contribution < 1.29 is 9.47 Å². The van der Waals surface area contributed by atoms with E-state index in [0.29, 0.717) is 19.8 Å². The second-order valence-corrected chi connectivity index (χ2v) is 4.83. The second-order valence-electron chi connectivity index (χ2n) is 3.11. The lowest BCUT2D eigenvalue weighted by molar-refractivity contribution is -0.267. The first-order valence-electron chi connectivity index (χ1n) is 4.51. The number of rotatable bonds is 2. The lowest BCUT2D eigenvalue weighted by atomic mass is 10.2. The van der Waals surface area contributed by atoms with Crippen LogP contribution >= 0.6 is 22.9 Å². The van der Waals surface area contributed by atoms with Gasteiger partial charge in [-0.05, 0) is 18.6 Å². The average Bonchev–Trinajstić information content (AvgIpc) is 2.66. The maximum atomic E-state index is 5.87. The predicted octanol–water partition coefficient (Wildman–Crippen LogP) is 1.95. The van der Waals surface area contributed by atoms with Crippen molar-refractivity contribution in [2.24, 2.45) is 5.73 Å². The number of halogens is 1. The fourth-order valence-electron chi connectivity index (χ4n) is 1.45. The monoisotopic (exact) mass is 233 g/mol. The molecule has 3 nitrogen and oxygen atoms in total. The molecule has 1 fully saturated rings. The number of thiophene rings is 1. The molecule has 2 rings (SSSR count). The van der Waals surface area contributed by atoms with Gasteiger partial charge >= 0.3 is 0 Å². The molecular formula is C9H12ClNO2S. The largest absolute Gasteiger partial charge is 0.344 e. The van der Waals surface area contributed by atoms with E-state index in [1.165, 1.54) is 11.3 Å². The van der Waals surface area contributed by atoms with Crippen LogP contribution in [0.5, 0.6) is 0 Å². The molecule has 0 unspecified atom stereocenters. The van der Waals surface area contributed by atoms with Crippen molar-refractivity contribution in [3.05, 3.63) is 21.3 Å². The maximum Gasteiger partial charge on any atom is 0.217 e. The van der Waals surface area contributed by atoms with Crippen LogP contribution in [0.15, 0.2) is 12.1 Å². The van der Waals surface area contributed by atoms with Crippen molar-refractivity contribution in [1.82, 2.24) is 0 Å². The molecule has 0 atom stereocenters. The Bertz CT molecular complexity index is 310. The maximum absolute atomic E-state index is 5.87. The van der Waals surface area contributed by atoms with Crippen molar-refractivity contribution in [2.75, 3.05) is 19.8 Å². The SMILES string of the molecule is NCC1(c2ccc(Cl)s2)OCCCO1. The molecule has 1 saturated heterocycles. The summed E-state index contributed by atoms with van der Waals surface area (Å²) in [6.07, 6.45) is 0.918. The minimum Gasteiger partial charge on any atom is -0.344 e. The summed E-state index contributed by atoms with van der Waals surface area (Å²) in [5.41, 5.74) is 5.69. The van der Waals surface area contributed by atoms with E-state index in [2.05, 4.69) is 0 Å². The number of hydrogen-bond acceptors (Lipinski definition) is 4. The van der Waals surface area contributed by atoms with E-state index in [4.69, 9.17) is 26.8 Å². The van der Waals surface area contributed by atoms with Gasteiger partial charge in [0.2, 0.25) is 5.79 Å². The second kappa shape index (κ2) is 4.16. The molecule has 0 radical (unpaired) electrons. The molecule has 78 valence electrons. The molecule has 1 aliphatic rings. The van der Waals surface area contributed by atoms with Crippen LogP contribution in [0.1, 0.15) is 11.3 Å². The third-order valence-corrected chi connectivity index (χ3v) is 3.53. The fourth-order valence-corrected chi connectivity index (χ4v) is 2.61. The van der Waals surface area contributed by atoms with E-state index in [-0.39, 0.29) is 0 Å². The van der Waals surface area contributed by atoms with Crippen molar-refractivity contribution in [2.45, 2.75) is 12.2 Å². The summed E-state index contributed by atoms with van der Waals surface area (Å²) < 4.78 is 12.0. The minimum absolute atomic E-state index is 0.323. The van der Waals surface area contributed by atoms with E-state index >= 15 is 0 Å². The lowest BCUT2D eigenvalue weighted by Crippen LogP contribution is -2.43. The minimum atomic E-state index is -0.754. The standard InChI is InChI=1S/C9H12ClNO2S/c10-8-3-2-7(14-8)9(6-11)12-4-1-5-13-9/h2-3H,1,4-6,11H2. The van der Waals surface area contributed by atoms with Gasteiger partial charge in [0, 0.05) is 0 Å². The van der Waals surface area contributed by atoms with Gasteiger partial charge in [-0.15, -0.1) is 11.3 Å². The van der Waals surface area contributed by atoms with Crippen LogP contribution in [0.2, 0.25) is 4.34 Å². The summed E-state index contributed by atoms with van der Waals surface area (Å²) in [6, 6.07) is 3.74. The molecule has 1 aromatic heterocycles. The third-order valence-electron chi connectivity index (χ3n) is 2.18. The summed E-state index contributed by atoms with van der Waals surface area (Å²) in [5.74, 6) is -0.754. The first-order valence-corrected chi connectivity index (χ1v) is 5.70. The van der Waals surface area contributed by atoms with Gasteiger partial charge in [-0.25, -0.2) is 0 Å². The summed E-state index contributed by atoms with van der Waals surface area (Å²) in [5, 5.41) is 0. The van der Waals surface area contributed by atoms with E-state index < -0.39 is 5.79 Å². The van der Waals surface area contributed by atoms with Crippen molar-refractivity contribution in [1.29, 1.82) is 0 Å². The Balaban J connectivity index is 2.26. The summed E-state index contributed by atoms with van der Waals surface area (Å²) in [4.78, 5) is 0.949. The van der Waals surface area contributed by atoms with Crippen LogP contribution in [0.3, 0.4) is 0 Å². The average molecular weight is 234 g/mol. The molecule has 2 heterocycles. The molecule has 0 bridgehead atoms. The van der Waals surface area contributed by atoms with Gasteiger partial charge in [-0.2, -0.15) is 0 Å². The van der Waals surface area contributed by atoms with Crippen LogP contribution in [0.25, 0.3) is 0 Å². The highest BCUT2D eigenvalue weighted by atomic mass is 35.5. The molecular weight excluding hydrogens is 222 g/mol. The van der Waals surface area contributed by atoms with Crippen LogP contribution in [0.4, 0.5) is 0 Å². The quantitative estimate of drug-likeness (QED) is 0.849. The van der Waals surface area contributed by atoms with E-state index in [1.54, 1.807) is 0 Å². The summed E-state index contributed by atoms with van der Waals surface area (Å²) >= 11 is 7.32. The highest BCUT2D eigenvalue weighted by Gasteiger charge is 2.36. The van der Waals surface area contributed by atoms with Crippen molar-refractivity contribution >= 4 is 22.9 Å². The zero-order valence-electron chi connectivity index (χ0n) is 7.66. The Morgan fingerprint density at radius 3 is 2.64 bits per heavy atom. The molecule has 0 saturated carbocycles. The van der Waals surface area contributed by atoms with Gasteiger partial charge in [0.05, 0.1) is 29.0 Å². The van der Waals surface area contributed by atoms with Gasteiger partial charge in [0.15, 0.2) is 0 Å². The topological polar surface area (TPSA) is 44.5 Å². The van der Waals surface area contributed by atoms with Gasteiger partial charge in [-0.1, -0.05) is 11.6 Å². The zero-order valence-corrected chi connectivity index (χ0v) is 9.24. The lowest BCUT2D eigenvalue weighted by Gasteiger charge is -2.35. The van der Waals surface area contributed by atoms with E-state index in [9.17, 15) is 0 Å². The van der Waals surface area contributed by atoms with Crippen LogP contribution in [0, 0.1) is 0 Å². The number of nitrogens with two attached hydrogens (primary N) is 1. The smallest absolute Gasteiger partial charge is 0.217 e. The molecule has 2 N–H and O–H groups in total. The molecule has 0 spiro atoms. The Hall–Kier alpha value is -0.130. The summed E-state index contributed by atoms with van der Waals surface area (Å²) in [7, 11) is 0. The molecule has 0 aromatic carbocycles. The number of hydrogen-bond donors (Lipinski definition) is 1. The van der Waals surface area contributed by atoms with Gasteiger partial charge < -0.3 is 15.2 Å². The zero-order chi connectivity index (χ0) is 10.0. The summed E-state index contributed by atoms with van der Waals surface area (Å²) in [6.45, 7) is 1.70. The molecule has 1 aromatic rings. The molecule has 0 amide bonds. The Morgan fingerprint density at radius 1 is 1.43 bits per heavy atom. The van der Waals surface area contributed by atoms with Gasteiger partial charge in [-0.3, -0.25) is 0 Å². The van der Waals surface area contributed by atoms with Crippen LogP contribution in [-0.2, 0) is 15.3 Å². The predicted molar refractivity (Wildman–Crippen MR) is 56.6 cm³/mol. The fraction of sp³-hybridized carbons (Fsp3) is 0.556. The molecule has 5 heteroatoms. The Labute approximate surface area is 91.8 Å². The molecule has 0 aliphatic carbocycles. The number of ether oxygens (including phenoxy) is 2. The van der Waals surface area contributed by atoms with Crippen LogP contribution in [-0.4, -0.2) is 19.8 Å². The van der Waals surface area contributed by atoms with Gasteiger partial charge in [0.1, 0.15) is 0 Å². The highest BCUT2D eigenvalue weighted by Crippen LogP contribution is 2.36. The van der Waals surface area contributed by atoms with Crippen molar-refractivity contribution in [3.8, 4) is 0 Å². The highest BCUT2D eigenvalue weighted by molar-refractivity contribution is 7.16. The Morgan fingerprint density at radius 2 is 2.14 bits per heavy atom. The first-order chi connectivity index (χ1) is 6.77. The van der Waals surface area contributed by atoms with Gasteiger partial charge in [0.25, 0.3) is 0 Å². The normalized spacial score (nSPS) is 21.0. The van der Waals surface area contributed by atoms with Crippen molar-refractivity contribution in [3.63, 3.8) is 0 Å². The Kier molecular flexibility index (Phi) is 3.09. The first kappa shape index (κ1) is 10.4. The third kappa shape index (κ3) is 1.81. The molecule has 1 aliphatic heterocycles.